The van der Waals surface area contributed by atoms with Crippen molar-refractivity contribution in [3.8, 4) is 0 Å². The molecule has 96 valence electrons. The molecule has 1 heterocycles. The monoisotopic (exact) mass is 252 g/mol. The summed E-state index contributed by atoms with van der Waals surface area (Å²) in [5.41, 5.74) is 1.16. The average Bonchev–Trinajstić information content (AvgIpc) is 2.27. The van der Waals surface area contributed by atoms with Crippen molar-refractivity contribution in [3.05, 3.63) is 30.1 Å². The first-order chi connectivity index (χ1) is 7.97. The normalized spacial score (nSPS) is 13.6. The Bertz CT molecular complexity index is 306. The van der Waals surface area contributed by atoms with Crippen LogP contribution in [0.15, 0.2) is 24.4 Å². The van der Waals surface area contributed by atoms with Crippen LogP contribution in [0.2, 0.25) is 0 Å². The molecule has 0 radical (unpaired) electrons. The van der Waals surface area contributed by atoms with Crippen LogP contribution in [-0.2, 0) is 6.42 Å². The van der Waals surface area contributed by atoms with E-state index in [1.165, 1.54) is 0 Å². The third kappa shape index (κ3) is 7.40. The first-order valence-electron chi connectivity index (χ1n) is 6.24. The number of pyridine rings is 1. The summed E-state index contributed by atoms with van der Waals surface area (Å²) in [7, 11) is 0. The lowest BCUT2D eigenvalue weighted by Crippen LogP contribution is -2.31. The van der Waals surface area contributed by atoms with E-state index in [1.807, 2.05) is 30.1 Å². The molecule has 3 heteroatoms. The molecule has 1 rings (SSSR count). The number of nitrogens with zero attached hydrogens (tertiary/aromatic N) is 1. The second kappa shape index (κ2) is 7.02. The Morgan fingerprint density at radius 3 is 2.71 bits per heavy atom. The largest absolute Gasteiger partial charge is 0.313 e. The van der Waals surface area contributed by atoms with E-state index < -0.39 is 0 Å². The van der Waals surface area contributed by atoms with Gasteiger partial charge >= 0.3 is 0 Å². The zero-order valence-corrected chi connectivity index (χ0v) is 12.2. The van der Waals surface area contributed by atoms with Gasteiger partial charge in [-0.2, -0.15) is 11.8 Å². The fourth-order valence-corrected chi connectivity index (χ4v) is 2.29. The Labute approximate surface area is 110 Å². The van der Waals surface area contributed by atoms with Gasteiger partial charge < -0.3 is 5.32 Å². The molecule has 0 saturated heterocycles. The maximum atomic E-state index is 4.32. The molecule has 17 heavy (non-hydrogen) atoms. The SMILES string of the molecule is CC(CSC(C)(C)C)NCCc1ccccn1. The zero-order chi connectivity index (χ0) is 12.7. The van der Waals surface area contributed by atoms with Gasteiger partial charge in [-0.25, -0.2) is 0 Å². The third-order valence-electron chi connectivity index (χ3n) is 2.37. The molecule has 0 aliphatic carbocycles. The number of thioether (sulfide) groups is 1. The van der Waals surface area contributed by atoms with Crippen molar-refractivity contribution in [1.82, 2.24) is 10.3 Å². The Morgan fingerprint density at radius 2 is 2.12 bits per heavy atom. The Kier molecular flexibility index (Phi) is 6.00. The van der Waals surface area contributed by atoms with E-state index in [0.29, 0.717) is 10.8 Å². The minimum Gasteiger partial charge on any atom is -0.313 e. The van der Waals surface area contributed by atoms with Crippen molar-refractivity contribution in [2.24, 2.45) is 0 Å². The van der Waals surface area contributed by atoms with Crippen LogP contribution < -0.4 is 5.32 Å². The Balaban J connectivity index is 2.14. The summed E-state index contributed by atoms with van der Waals surface area (Å²) >= 11 is 2.01. The van der Waals surface area contributed by atoms with Crippen LogP contribution in [0.5, 0.6) is 0 Å². The molecule has 1 aromatic rings. The molecule has 2 nitrogen and oxygen atoms in total. The summed E-state index contributed by atoms with van der Waals surface area (Å²) in [5, 5.41) is 3.54. The fraction of sp³-hybridized carbons (Fsp3) is 0.643. The number of nitrogens with one attached hydrogen (secondary N) is 1. The van der Waals surface area contributed by atoms with Crippen molar-refractivity contribution in [3.63, 3.8) is 0 Å². The highest BCUT2D eigenvalue weighted by atomic mass is 32.2. The van der Waals surface area contributed by atoms with E-state index in [0.717, 1.165) is 24.4 Å². The number of hydrogen-bond acceptors (Lipinski definition) is 3. The lowest BCUT2D eigenvalue weighted by Gasteiger charge is -2.21. The molecule has 0 amide bonds. The van der Waals surface area contributed by atoms with Gasteiger partial charge in [0.15, 0.2) is 0 Å². The lowest BCUT2D eigenvalue weighted by molar-refractivity contribution is 0.591. The van der Waals surface area contributed by atoms with Crippen LogP contribution in [0.1, 0.15) is 33.4 Å². The molecule has 0 bridgehead atoms. The first kappa shape index (κ1) is 14.5. The average molecular weight is 252 g/mol. The fourth-order valence-electron chi connectivity index (χ4n) is 1.43. The molecule has 0 fully saturated rings. The molecule has 1 aromatic heterocycles. The second-order valence-corrected chi connectivity index (χ2v) is 7.20. The highest BCUT2D eigenvalue weighted by Gasteiger charge is 2.12. The van der Waals surface area contributed by atoms with Crippen LogP contribution in [0.3, 0.4) is 0 Å². The van der Waals surface area contributed by atoms with Crippen LogP contribution in [-0.4, -0.2) is 28.1 Å². The van der Waals surface area contributed by atoms with Gasteiger partial charge in [0.25, 0.3) is 0 Å². The Hall–Kier alpha value is -0.540. The molecule has 0 aromatic carbocycles. The predicted octanol–water partition coefficient (Wildman–Crippen LogP) is 3.13. The van der Waals surface area contributed by atoms with Gasteiger partial charge in [0.05, 0.1) is 0 Å². The van der Waals surface area contributed by atoms with Crippen molar-refractivity contribution in [2.75, 3.05) is 12.3 Å². The summed E-state index contributed by atoms with van der Waals surface area (Å²) in [6.45, 7) is 10.0. The molecule has 0 spiro atoms. The van der Waals surface area contributed by atoms with Crippen molar-refractivity contribution >= 4 is 11.8 Å². The van der Waals surface area contributed by atoms with Gasteiger partial charge in [-0.05, 0) is 19.1 Å². The summed E-state index contributed by atoms with van der Waals surface area (Å²) < 4.78 is 0.358. The van der Waals surface area contributed by atoms with Crippen molar-refractivity contribution in [2.45, 2.75) is 44.9 Å². The molecule has 1 unspecified atom stereocenters. The minimum absolute atomic E-state index is 0.358. The molecular weight excluding hydrogens is 228 g/mol. The zero-order valence-electron chi connectivity index (χ0n) is 11.4. The first-order valence-corrected chi connectivity index (χ1v) is 7.23. The van der Waals surface area contributed by atoms with Crippen LogP contribution >= 0.6 is 11.8 Å². The summed E-state index contributed by atoms with van der Waals surface area (Å²) in [6, 6.07) is 6.64. The standard InChI is InChI=1S/C14H24N2S/c1-12(11-17-14(2,3)4)15-10-8-13-7-5-6-9-16-13/h5-7,9,12,15H,8,10-11H2,1-4H3. The van der Waals surface area contributed by atoms with Gasteiger partial charge in [-0.15, -0.1) is 0 Å². The van der Waals surface area contributed by atoms with E-state index >= 15 is 0 Å². The van der Waals surface area contributed by atoms with E-state index in [1.54, 1.807) is 0 Å². The molecule has 1 atom stereocenters. The number of hydrogen-bond donors (Lipinski definition) is 1. The predicted molar refractivity (Wildman–Crippen MR) is 77.6 cm³/mol. The second-order valence-electron chi connectivity index (χ2n) is 5.35. The summed E-state index contributed by atoms with van der Waals surface area (Å²) in [4.78, 5) is 4.32. The maximum absolute atomic E-state index is 4.32. The van der Waals surface area contributed by atoms with Crippen molar-refractivity contribution in [1.29, 1.82) is 0 Å². The summed E-state index contributed by atoms with van der Waals surface area (Å²) in [6.07, 6.45) is 2.86. The lowest BCUT2D eigenvalue weighted by atomic mass is 10.2. The van der Waals surface area contributed by atoms with E-state index in [2.05, 4.69) is 44.1 Å². The molecule has 0 aliphatic heterocycles. The maximum Gasteiger partial charge on any atom is 0.0416 e. The minimum atomic E-state index is 0.358. The van der Waals surface area contributed by atoms with Crippen molar-refractivity contribution < 1.29 is 0 Å². The van der Waals surface area contributed by atoms with E-state index in [-0.39, 0.29) is 0 Å². The smallest absolute Gasteiger partial charge is 0.0416 e. The van der Waals surface area contributed by atoms with Gasteiger partial charge in [-0.1, -0.05) is 26.8 Å². The summed E-state index contributed by atoms with van der Waals surface area (Å²) in [5.74, 6) is 1.16. The van der Waals surface area contributed by atoms with Crippen LogP contribution in [0, 0.1) is 0 Å². The molecule has 0 saturated carbocycles. The molecule has 1 N–H and O–H groups in total. The highest BCUT2D eigenvalue weighted by Crippen LogP contribution is 2.23. The Morgan fingerprint density at radius 1 is 1.35 bits per heavy atom. The van der Waals surface area contributed by atoms with Crippen LogP contribution in [0.4, 0.5) is 0 Å². The highest BCUT2D eigenvalue weighted by molar-refractivity contribution is 8.00. The topological polar surface area (TPSA) is 24.9 Å². The van der Waals surface area contributed by atoms with Gasteiger partial charge in [-0.3, -0.25) is 4.98 Å². The van der Waals surface area contributed by atoms with Crippen LogP contribution in [0.25, 0.3) is 0 Å². The quantitative estimate of drug-likeness (QED) is 0.842. The van der Waals surface area contributed by atoms with E-state index in [4.69, 9.17) is 0 Å². The number of aromatic nitrogens is 1. The van der Waals surface area contributed by atoms with Gasteiger partial charge in [0.2, 0.25) is 0 Å². The third-order valence-corrected chi connectivity index (χ3v) is 3.90. The van der Waals surface area contributed by atoms with Gasteiger partial charge in [0, 0.05) is 41.4 Å². The number of rotatable bonds is 6. The molecule has 0 aliphatic rings. The van der Waals surface area contributed by atoms with Gasteiger partial charge in [0.1, 0.15) is 0 Å². The molecular formula is C14H24N2S. The van der Waals surface area contributed by atoms with E-state index in [9.17, 15) is 0 Å².